The molecule has 1 unspecified atom stereocenters. The largest absolute Gasteiger partial charge is 0.573 e. The predicted molar refractivity (Wildman–Crippen MR) is 103 cm³/mol. The first-order valence-corrected chi connectivity index (χ1v) is 9.16. The van der Waals surface area contributed by atoms with Gasteiger partial charge >= 0.3 is 6.36 Å². The van der Waals surface area contributed by atoms with Gasteiger partial charge in [-0.25, -0.2) is 0 Å². The Morgan fingerprint density at radius 2 is 1.79 bits per heavy atom. The standard InChI is InChI=1S/C21H25F3N2O2/c1-15(25-2)6-5-9-20(27)26-14-16-10-12-17(13-11-16)18-7-3-4-8-19(18)28-21(22,23)24/h3-4,7-8,10-13,15,25H,5-6,9,14H2,1-2H3,(H,26,27). The van der Waals surface area contributed by atoms with Crippen molar-refractivity contribution < 1.29 is 22.7 Å². The molecule has 152 valence electrons. The number of rotatable bonds is 9. The summed E-state index contributed by atoms with van der Waals surface area (Å²) in [5.41, 5.74) is 1.83. The Balaban J connectivity index is 1.93. The maximum atomic E-state index is 12.6. The van der Waals surface area contributed by atoms with Gasteiger partial charge in [-0.05, 0) is 44.0 Å². The van der Waals surface area contributed by atoms with Gasteiger partial charge in [0, 0.05) is 24.6 Å². The van der Waals surface area contributed by atoms with E-state index in [9.17, 15) is 18.0 Å². The van der Waals surface area contributed by atoms with Gasteiger partial charge in [-0.2, -0.15) is 0 Å². The molecule has 0 spiro atoms. The molecule has 1 amide bonds. The maximum absolute atomic E-state index is 12.6. The lowest BCUT2D eigenvalue weighted by Crippen LogP contribution is -2.24. The van der Waals surface area contributed by atoms with Crippen molar-refractivity contribution in [3.8, 4) is 16.9 Å². The summed E-state index contributed by atoms with van der Waals surface area (Å²) in [6, 6.07) is 13.4. The van der Waals surface area contributed by atoms with E-state index in [4.69, 9.17) is 0 Å². The Labute approximate surface area is 163 Å². The molecule has 0 aromatic heterocycles. The lowest BCUT2D eigenvalue weighted by Gasteiger charge is -2.13. The molecule has 4 nitrogen and oxygen atoms in total. The van der Waals surface area contributed by atoms with Gasteiger partial charge < -0.3 is 15.4 Å². The minimum Gasteiger partial charge on any atom is -0.405 e. The van der Waals surface area contributed by atoms with E-state index < -0.39 is 6.36 Å². The van der Waals surface area contributed by atoms with Crippen LogP contribution in [0.3, 0.4) is 0 Å². The van der Waals surface area contributed by atoms with Crippen LogP contribution in [0.2, 0.25) is 0 Å². The quantitative estimate of drug-likeness (QED) is 0.651. The first kappa shape index (κ1) is 21.8. The van der Waals surface area contributed by atoms with Gasteiger partial charge in [0.15, 0.2) is 0 Å². The van der Waals surface area contributed by atoms with E-state index in [2.05, 4.69) is 22.3 Å². The van der Waals surface area contributed by atoms with Gasteiger partial charge in [0.2, 0.25) is 5.91 Å². The van der Waals surface area contributed by atoms with Crippen LogP contribution in [0.1, 0.15) is 31.7 Å². The molecule has 0 aliphatic heterocycles. The second kappa shape index (κ2) is 10.1. The van der Waals surface area contributed by atoms with Crippen LogP contribution >= 0.6 is 0 Å². The summed E-state index contributed by atoms with van der Waals surface area (Å²) in [5.74, 6) is -0.261. The van der Waals surface area contributed by atoms with Gasteiger partial charge in [0.1, 0.15) is 5.75 Å². The molecule has 0 heterocycles. The van der Waals surface area contributed by atoms with Crippen molar-refractivity contribution in [1.29, 1.82) is 0 Å². The SMILES string of the molecule is CNC(C)CCCC(=O)NCc1ccc(-c2ccccc2OC(F)(F)F)cc1. The summed E-state index contributed by atoms with van der Waals surface area (Å²) in [6.45, 7) is 2.44. The number of carbonyl (C=O) groups is 1. The van der Waals surface area contributed by atoms with Gasteiger partial charge in [-0.1, -0.05) is 42.5 Å². The number of benzene rings is 2. The molecular formula is C21H25F3N2O2. The molecule has 0 saturated heterocycles. The summed E-state index contributed by atoms with van der Waals surface area (Å²) >= 11 is 0. The average Bonchev–Trinajstić information content (AvgIpc) is 2.66. The minimum absolute atomic E-state index is 0.0173. The second-order valence-corrected chi connectivity index (χ2v) is 6.60. The number of ether oxygens (including phenoxy) is 1. The van der Waals surface area contributed by atoms with E-state index in [1.165, 1.54) is 12.1 Å². The highest BCUT2D eigenvalue weighted by molar-refractivity contribution is 5.76. The molecule has 2 N–H and O–H groups in total. The zero-order chi connectivity index (χ0) is 20.6. The Hall–Kier alpha value is -2.54. The fourth-order valence-electron chi connectivity index (χ4n) is 2.72. The Bertz CT molecular complexity index is 761. The van der Waals surface area contributed by atoms with Crippen molar-refractivity contribution in [2.45, 2.75) is 45.1 Å². The van der Waals surface area contributed by atoms with E-state index in [1.807, 2.05) is 7.05 Å². The number of nitrogens with one attached hydrogen (secondary N) is 2. The Morgan fingerprint density at radius 3 is 2.43 bits per heavy atom. The second-order valence-electron chi connectivity index (χ2n) is 6.60. The highest BCUT2D eigenvalue weighted by Gasteiger charge is 2.32. The third-order valence-electron chi connectivity index (χ3n) is 4.40. The molecule has 7 heteroatoms. The molecule has 0 fully saturated rings. The van der Waals surface area contributed by atoms with Gasteiger partial charge in [0.25, 0.3) is 0 Å². The van der Waals surface area contributed by atoms with E-state index in [-0.39, 0.29) is 11.7 Å². The predicted octanol–water partition coefficient (Wildman–Crippen LogP) is 4.65. The molecule has 0 saturated carbocycles. The van der Waals surface area contributed by atoms with Gasteiger partial charge in [-0.15, -0.1) is 13.2 Å². The van der Waals surface area contributed by atoms with Crippen molar-refractivity contribution >= 4 is 5.91 Å². The van der Waals surface area contributed by atoms with E-state index in [0.29, 0.717) is 30.1 Å². The third-order valence-corrected chi connectivity index (χ3v) is 4.40. The maximum Gasteiger partial charge on any atom is 0.573 e. The monoisotopic (exact) mass is 394 g/mol. The van der Waals surface area contributed by atoms with Crippen molar-refractivity contribution in [3.05, 3.63) is 54.1 Å². The summed E-state index contributed by atoms with van der Waals surface area (Å²) in [6.07, 6.45) is -2.54. The summed E-state index contributed by atoms with van der Waals surface area (Å²) in [4.78, 5) is 11.9. The van der Waals surface area contributed by atoms with Gasteiger partial charge in [0.05, 0.1) is 0 Å². The molecular weight excluding hydrogens is 369 g/mol. The Kier molecular flexibility index (Phi) is 7.87. The van der Waals surface area contributed by atoms with Crippen molar-refractivity contribution in [1.82, 2.24) is 10.6 Å². The summed E-state index contributed by atoms with van der Waals surface area (Å²) < 4.78 is 41.8. The lowest BCUT2D eigenvalue weighted by atomic mass is 10.0. The molecule has 0 bridgehead atoms. The number of amides is 1. The molecule has 0 aliphatic carbocycles. The number of hydrogen-bond donors (Lipinski definition) is 2. The molecule has 1 atom stereocenters. The van der Waals surface area contributed by atoms with Crippen LogP contribution in [-0.4, -0.2) is 25.4 Å². The van der Waals surface area contributed by atoms with Crippen LogP contribution in [0.15, 0.2) is 48.5 Å². The lowest BCUT2D eigenvalue weighted by molar-refractivity contribution is -0.274. The number of hydrogen-bond acceptors (Lipinski definition) is 3. The molecule has 2 aromatic carbocycles. The molecule has 0 radical (unpaired) electrons. The molecule has 2 aromatic rings. The van der Waals surface area contributed by atoms with Crippen LogP contribution in [-0.2, 0) is 11.3 Å². The number of carbonyl (C=O) groups excluding carboxylic acids is 1. The zero-order valence-electron chi connectivity index (χ0n) is 16.0. The number of alkyl halides is 3. The van der Waals surface area contributed by atoms with Crippen LogP contribution in [0.25, 0.3) is 11.1 Å². The minimum atomic E-state index is -4.74. The van der Waals surface area contributed by atoms with Crippen LogP contribution in [0.4, 0.5) is 13.2 Å². The van der Waals surface area contributed by atoms with E-state index in [1.54, 1.807) is 36.4 Å². The first-order valence-electron chi connectivity index (χ1n) is 9.16. The molecule has 0 aliphatic rings. The fraction of sp³-hybridized carbons (Fsp3) is 0.381. The summed E-state index contributed by atoms with van der Waals surface area (Å²) in [7, 11) is 1.89. The van der Waals surface area contributed by atoms with E-state index >= 15 is 0 Å². The van der Waals surface area contributed by atoms with Gasteiger partial charge in [-0.3, -0.25) is 4.79 Å². The Morgan fingerprint density at radius 1 is 1.11 bits per heavy atom. The summed E-state index contributed by atoms with van der Waals surface area (Å²) in [5, 5.41) is 5.99. The van der Waals surface area contributed by atoms with Crippen molar-refractivity contribution in [2.75, 3.05) is 7.05 Å². The van der Waals surface area contributed by atoms with Crippen LogP contribution < -0.4 is 15.4 Å². The van der Waals surface area contributed by atoms with Crippen molar-refractivity contribution in [3.63, 3.8) is 0 Å². The zero-order valence-corrected chi connectivity index (χ0v) is 16.0. The van der Waals surface area contributed by atoms with E-state index in [0.717, 1.165) is 18.4 Å². The van der Waals surface area contributed by atoms with Crippen LogP contribution in [0, 0.1) is 0 Å². The normalized spacial score (nSPS) is 12.5. The smallest absolute Gasteiger partial charge is 0.405 e. The molecule has 28 heavy (non-hydrogen) atoms. The number of para-hydroxylation sites is 1. The first-order chi connectivity index (χ1) is 13.3. The highest BCUT2D eigenvalue weighted by atomic mass is 19.4. The van der Waals surface area contributed by atoms with Crippen LogP contribution in [0.5, 0.6) is 5.75 Å². The van der Waals surface area contributed by atoms with Crippen molar-refractivity contribution in [2.24, 2.45) is 0 Å². The third kappa shape index (κ3) is 7.23. The molecule has 2 rings (SSSR count). The topological polar surface area (TPSA) is 50.4 Å². The highest BCUT2D eigenvalue weighted by Crippen LogP contribution is 2.33. The average molecular weight is 394 g/mol. The number of halogens is 3. The fourth-order valence-corrected chi connectivity index (χ4v) is 2.72.